The molecule has 258 valence electrons. The summed E-state index contributed by atoms with van der Waals surface area (Å²) < 4.78 is 2.45. The van der Waals surface area contributed by atoms with Crippen molar-refractivity contribution < 1.29 is 0 Å². The quantitative estimate of drug-likeness (QED) is 0.165. The van der Waals surface area contributed by atoms with Crippen LogP contribution in [0.2, 0.25) is 0 Å². The molecule has 0 amide bonds. The van der Waals surface area contributed by atoms with E-state index in [-0.39, 0.29) is 5.41 Å². The fraction of sp³-hybridized carbons (Fsp3) is 0.0588. The molecule has 54 heavy (non-hydrogen) atoms. The molecule has 1 aliphatic carbocycles. The second kappa shape index (κ2) is 12.7. The van der Waals surface area contributed by atoms with Gasteiger partial charge in [0, 0.05) is 56.0 Å². The number of hydrogen-bond acceptors (Lipinski definition) is 2. The first-order valence-corrected chi connectivity index (χ1v) is 18.7. The molecule has 0 atom stereocenters. The summed E-state index contributed by atoms with van der Waals surface area (Å²) in [7, 11) is 0. The molecule has 9 aromatic rings. The Hall–Kier alpha value is -6.84. The maximum atomic E-state index is 2.48. The van der Waals surface area contributed by atoms with Gasteiger partial charge in [-0.2, -0.15) is 0 Å². The summed E-state index contributed by atoms with van der Waals surface area (Å²) in [6, 6.07) is 72.4. The topological polar surface area (TPSA) is 11.4 Å². The molecule has 3 heteroatoms. The van der Waals surface area contributed by atoms with Crippen molar-refractivity contribution in [2.75, 3.05) is 9.80 Å². The first-order valence-electron chi connectivity index (χ1n) is 18.7. The summed E-state index contributed by atoms with van der Waals surface area (Å²) in [5.41, 5.74) is 15.5. The molecule has 3 nitrogen and oxygen atoms in total. The summed E-state index contributed by atoms with van der Waals surface area (Å²) in [5.74, 6) is 0. The Labute approximate surface area is 316 Å². The zero-order valence-corrected chi connectivity index (χ0v) is 30.4. The molecular weight excluding hydrogens is 655 g/mol. The van der Waals surface area contributed by atoms with E-state index in [9.17, 15) is 0 Å². The largest absolute Gasteiger partial charge is 0.310 e. The standard InChI is InChI=1S/C51H39N3/c1-51(2)47-32-41(52(36-18-8-3-9-19-36)37-20-10-4-11-21-37)28-30-43(47)45-35-50-46(34-48(45)51)44-31-29-42(33-49(44)54(50)40-26-16-7-17-27-40)53(38-22-12-5-13-23-38)39-24-14-6-15-25-39/h3-35H,1-2H3. The third-order valence-electron chi connectivity index (χ3n) is 11.1. The molecule has 0 N–H and O–H groups in total. The highest BCUT2D eigenvalue weighted by Gasteiger charge is 2.37. The van der Waals surface area contributed by atoms with E-state index in [4.69, 9.17) is 0 Å². The van der Waals surface area contributed by atoms with E-state index in [1.165, 1.54) is 44.1 Å². The zero-order chi connectivity index (χ0) is 36.2. The van der Waals surface area contributed by atoms with Crippen LogP contribution in [0.3, 0.4) is 0 Å². The van der Waals surface area contributed by atoms with Gasteiger partial charge in [-0.1, -0.05) is 117 Å². The summed E-state index contributed by atoms with van der Waals surface area (Å²) in [5, 5.41) is 2.51. The lowest BCUT2D eigenvalue weighted by Crippen LogP contribution is -2.16. The SMILES string of the molecule is CC1(C)c2cc(N(c3ccccc3)c3ccccc3)ccc2-c2cc3c(cc21)c1ccc(N(c2ccccc2)c2ccccc2)cc1n3-c1ccccc1. The molecule has 8 aromatic carbocycles. The Morgan fingerprint density at radius 2 is 0.778 bits per heavy atom. The van der Waals surface area contributed by atoms with Crippen LogP contribution in [0.1, 0.15) is 25.0 Å². The van der Waals surface area contributed by atoms with E-state index in [1.807, 2.05) is 0 Å². The minimum atomic E-state index is -0.202. The van der Waals surface area contributed by atoms with Crippen LogP contribution in [-0.2, 0) is 5.41 Å². The summed E-state index contributed by atoms with van der Waals surface area (Å²) in [4.78, 5) is 4.70. The van der Waals surface area contributed by atoms with Crippen LogP contribution in [0.25, 0.3) is 38.6 Å². The van der Waals surface area contributed by atoms with Crippen LogP contribution in [-0.4, -0.2) is 4.57 Å². The van der Waals surface area contributed by atoms with Crippen molar-refractivity contribution in [2.24, 2.45) is 0 Å². The molecule has 0 bridgehead atoms. The molecule has 1 aliphatic rings. The lowest BCUT2D eigenvalue weighted by Gasteiger charge is -2.28. The Kier molecular flexibility index (Phi) is 7.48. The Morgan fingerprint density at radius 1 is 0.352 bits per heavy atom. The van der Waals surface area contributed by atoms with Crippen molar-refractivity contribution in [1.29, 1.82) is 0 Å². The molecule has 0 saturated heterocycles. The molecule has 10 rings (SSSR count). The fourth-order valence-electron chi connectivity index (χ4n) is 8.56. The highest BCUT2D eigenvalue weighted by molar-refractivity contribution is 6.12. The van der Waals surface area contributed by atoms with E-state index in [1.54, 1.807) is 0 Å². The van der Waals surface area contributed by atoms with Gasteiger partial charge in [-0.05, 0) is 119 Å². The summed E-state index contributed by atoms with van der Waals surface area (Å²) in [6.45, 7) is 4.77. The van der Waals surface area contributed by atoms with E-state index in [0.717, 1.165) is 39.8 Å². The predicted octanol–water partition coefficient (Wildman–Crippen LogP) is 14.0. The van der Waals surface area contributed by atoms with Gasteiger partial charge in [-0.25, -0.2) is 0 Å². The van der Waals surface area contributed by atoms with Gasteiger partial charge in [-0.3, -0.25) is 0 Å². The number of anilines is 6. The maximum Gasteiger partial charge on any atom is 0.0561 e. The van der Waals surface area contributed by atoms with Crippen molar-refractivity contribution in [1.82, 2.24) is 4.57 Å². The molecule has 0 aliphatic heterocycles. The van der Waals surface area contributed by atoms with Gasteiger partial charge in [-0.15, -0.1) is 0 Å². The van der Waals surface area contributed by atoms with E-state index in [2.05, 4.69) is 228 Å². The van der Waals surface area contributed by atoms with Crippen molar-refractivity contribution in [3.63, 3.8) is 0 Å². The lowest BCUT2D eigenvalue weighted by atomic mass is 9.82. The van der Waals surface area contributed by atoms with Crippen LogP contribution in [0, 0.1) is 0 Å². The van der Waals surface area contributed by atoms with Gasteiger partial charge in [0.25, 0.3) is 0 Å². The van der Waals surface area contributed by atoms with Crippen LogP contribution < -0.4 is 9.80 Å². The molecular formula is C51H39N3. The molecule has 0 saturated carbocycles. The van der Waals surface area contributed by atoms with Crippen molar-refractivity contribution in [3.05, 3.63) is 211 Å². The second-order valence-corrected chi connectivity index (χ2v) is 14.7. The Bertz CT molecular complexity index is 2690. The minimum absolute atomic E-state index is 0.202. The highest BCUT2D eigenvalue weighted by Crippen LogP contribution is 2.53. The van der Waals surface area contributed by atoms with Crippen LogP contribution >= 0.6 is 0 Å². The van der Waals surface area contributed by atoms with Gasteiger partial charge >= 0.3 is 0 Å². The van der Waals surface area contributed by atoms with Crippen LogP contribution in [0.4, 0.5) is 34.1 Å². The van der Waals surface area contributed by atoms with Crippen molar-refractivity contribution in [3.8, 4) is 16.8 Å². The van der Waals surface area contributed by atoms with Crippen LogP contribution in [0.15, 0.2) is 200 Å². The normalized spacial score (nSPS) is 12.8. The first-order chi connectivity index (χ1) is 26.6. The average Bonchev–Trinajstić information content (AvgIpc) is 3.66. The molecule has 1 aromatic heterocycles. The van der Waals surface area contributed by atoms with E-state index < -0.39 is 0 Å². The average molecular weight is 694 g/mol. The first kappa shape index (κ1) is 31.9. The number of aromatic nitrogens is 1. The van der Waals surface area contributed by atoms with Gasteiger partial charge in [0.15, 0.2) is 0 Å². The van der Waals surface area contributed by atoms with E-state index in [0.29, 0.717) is 0 Å². The van der Waals surface area contributed by atoms with E-state index >= 15 is 0 Å². The molecule has 0 spiro atoms. The second-order valence-electron chi connectivity index (χ2n) is 14.7. The van der Waals surface area contributed by atoms with Gasteiger partial charge < -0.3 is 14.4 Å². The smallest absolute Gasteiger partial charge is 0.0561 e. The Morgan fingerprint density at radius 3 is 1.30 bits per heavy atom. The lowest BCUT2D eigenvalue weighted by molar-refractivity contribution is 0.661. The van der Waals surface area contributed by atoms with Crippen molar-refractivity contribution >= 4 is 55.9 Å². The number of fused-ring (bicyclic) bond motifs is 6. The summed E-state index contributed by atoms with van der Waals surface area (Å²) in [6.07, 6.45) is 0. The number of rotatable bonds is 7. The number of nitrogens with zero attached hydrogens (tertiary/aromatic N) is 3. The molecule has 1 heterocycles. The monoisotopic (exact) mass is 693 g/mol. The molecule has 0 unspecified atom stereocenters. The maximum absolute atomic E-state index is 2.48. The zero-order valence-electron chi connectivity index (χ0n) is 30.4. The number of para-hydroxylation sites is 5. The van der Waals surface area contributed by atoms with Gasteiger partial charge in [0.05, 0.1) is 11.0 Å². The van der Waals surface area contributed by atoms with Crippen LogP contribution in [0.5, 0.6) is 0 Å². The Balaban J connectivity index is 1.18. The third-order valence-corrected chi connectivity index (χ3v) is 11.1. The van der Waals surface area contributed by atoms with Crippen molar-refractivity contribution in [2.45, 2.75) is 19.3 Å². The highest BCUT2D eigenvalue weighted by atomic mass is 15.1. The minimum Gasteiger partial charge on any atom is -0.310 e. The summed E-state index contributed by atoms with van der Waals surface area (Å²) >= 11 is 0. The number of benzene rings is 8. The molecule has 0 fully saturated rings. The predicted molar refractivity (Wildman–Crippen MR) is 228 cm³/mol. The molecule has 0 radical (unpaired) electrons. The third kappa shape index (κ3) is 5.12. The fourth-order valence-corrected chi connectivity index (χ4v) is 8.56. The van der Waals surface area contributed by atoms with Gasteiger partial charge in [0.1, 0.15) is 0 Å². The van der Waals surface area contributed by atoms with Gasteiger partial charge in [0.2, 0.25) is 0 Å². The number of hydrogen-bond donors (Lipinski definition) is 0.